The zero-order valence-corrected chi connectivity index (χ0v) is 12.6. The average Bonchev–Trinajstić information content (AvgIpc) is 2.41. The van der Waals surface area contributed by atoms with E-state index in [-0.39, 0.29) is 19.1 Å². The monoisotopic (exact) mass is 375 g/mol. The molecule has 102 valence electrons. The highest BCUT2D eigenvalue weighted by Crippen LogP contribution is 2.18. The molecule has 1 aromatic carbocycles. The molecule has 6 heteroatoms. The number of hydrogen-bond acceptors (Lipinski definition) is 3. The Labute approximate surface area is 124 Å². The van der Waals surface area contributed by atoms with Crippen molar-refractivity contribution in [3.8, 4) is 0 Å². The number of ether oxygens (including phenoxy) is 1. The van der Waals surface area contributed by atoms with Gasteiger partial charge in [0.25, 0.3) is 5.91 Å². The number of morpholine rings is 1. The summed E-state index contributed by atoms with van der Waals surface area (Å²) >= 11 is 2.11. The summed E-state index contributed by atoms with van der Waals surface area (Å²) in [7, 11) is 0. The van der Waals surface area contributed by atoms with Crippen molar-refractivity contribution in [3.63, 3.8) is 0 Å². The number of hydrogen-bond donors (Lipinski definition) is 1. The standard InChI is InChI=1S/C13H14INO4/c1-8-2-3-10(14)9(6-8)12(16)15-4-5-19-11(7-15)13(17)18/h2-3,6,11H,4-5,7H2,1H3,(H,17,18). The molecule has 1 fully saturated rings. The van der Waals surface area contributed by atoms with Crippen LogP contribution in [0.3, 0.4) is 0 Å². The second kappa shape index (κ2) is 5.87. The predicted molar refractivity (Wildman–Crippen MR) is 77.2 cm³/mol. The normalized spacial score (nSPS) is 19.3. The lowest BCUT2D eigenvalue weighted by Gasteiger charge is -2.31. The lowest BCUT2D eigenvalue weighted by Crippen LogP contribution is -2.48. The van der Waals surface area contributed by atoms with Gasteiger partial charge in [-0.2, -0.15) is 0 Å². The van der Waals surface area contributed by atoms with Crippen LogP contribution in [0.5, 0.6) is 0 Å². The van der Waals surface area contributed by atoms with Gasteiger partial charge in [0.15, 0.2) is 6.10 Å². The van der Waals surface area contributed by atoms with Crippen molar-refractivity contribution in [2.75, 3.05) is 19.7 Å². The number of carbonyl (C=O) groups is 2. The Kier molecular flexibility index (Phi) is 4.41. The fraction of sp³-hybridized carbons (Fsp3) is 0.385. The van der Waals surface area contributed by atoms with Gasteiger partial charge in [0.2, 0.25) is 0 Å². The minimum atomic E-state index is -1.03. The quantitative estimate of drug-likeness (QED) is 0.797. The summed E-state index contributed by atoms with van der Waals surface area (Å²) in [5, 5.41) is 8.94. The van der Waals surface area contributed by atoms with Crippen LogP contribution in [-0.4, -0.2) is 47.7 Å². The Hall–Kier alpha value is -1.15. The van der Waals surface area contributed by atoms with E-state index in [9.17, 15) is 9.59 Å². The van der Waals surface area contributed by atoms with E-state index in [0.717, 1.165) is 9.13 Å². The second-order valence-electron chi connectivity index (χ2n) is 4.43. The molecule has 1 amide bonds. The topological polar surface area (TPSA) is 66.8 Å². The number of carbonyl (C=O) groups excluding carboxylic acids is 1. The maximum atomic E-state index is 12.4. The largest absolute Gasteiger partial charge is 0.479 e. The first-order valence-electron chi connectivity index (χ1n) is 5.89. The fourth-order valence-corrected chi connectivity index (χ4v) is 2.52. The van der Waals surface area contributed by atoms with E-state index in [1.165, 1.54) is 0 Å². The number of aliphatic carboxylic acids is 1. The third-order valence-electron chi connectivity index (χ3n) is 2.98. The average molecular weight is 375 g/mol. The van der Waals surface area contributed by atoms with Crippen LogP contribution < -0.4 is 0 Å². The van der Waals surface area contributed by atoms with Crippen LogP contribution in [0.4, 0.5) is 0 Å². The molecule has 19 heavy (non-hydrogen) atoms. The Morgan fingerprint density at radius 2 is 2.21 bits per heavy atom. The second-order valence-corrected chi connectivity index (χ2v) is 5.59. The Morgan fingerprint density at radius 1 is 1.47 bits per heavy atom. The van der Waals surface area contributed by atoms with Crippen molar-refractivity contribution >= 4 is 34.5 Å². The van der Waals surface area contributed by atoms with Gasteiger partial charge in [-0.1, -0.05) is 11.6 Å². The molecule has 1 atom stereocenters. The summed E-state index contributed by atoms with van der Waals surface area (Å²) in [6.45, 7) is 2.70. The van der Waals surface area contributed by atoms with Crippen LogP contribution in [0.1, 0.15) is 15.9 Å². The van der Waals surface area contributed by atoms with Crippen molar-refractivity contribution in [2.45, 2.75) is 13.0 Å². The fourth-order valence-electron chi connectivity index (χ4n) is 1.96. The Balaban J connectivity index is 2.19. The first-order valence-corrected chi connectivity index (χ1v) is 6.96. The van der Waals surface area contributed by atoms with Crippen LogP contribution in [0.15, 0.2) is 18.2 Å². The molecule has 0 aliphatic carbocycles. The number of nitrogens with zero attached hydrogens (tertiary/aromatic N) is 1. The van der Waals surface area contributed by atoms with E-state index in [0.29, 0.717) is 12.1 Å². The van der Waals surface area contributed by atoms with Crippen LogP contribution in [0.25, 0.3) is 0 Å². The van der Waals surface area contributed by atoms with E-state index >= 15 is 0 Å². The number of carboxylic acid groups (broad SMARTS) is 1. The highest BCUT2D eigenvalue weighted by Gasteiger charge is 2.30. The zero-order chi connectivity index (χ0) is 14.0. The van der Waals surface area contributed by atoms with Crippen LogP contribution in [0, 0.1) is 10.5 Å². The van der Waals surface area contributed by atoms with E-state index in [2.05, 4.69) is 22.6 Å². The summed E-state index contributed by atoms with van der Waals surface area (Å²) in [6, 6.07) is 5.66. The van der Waals surface area contributed by atoms with Gasteiger partial charge in [-0.15, -0.1) is 0 Å². The van der Waals surface area contributed by atoms with Gasteiger partial charge in [0.1, 0.15) is 0 Å². The molecule has 1 aliphatic rings. The molecule has 0 saturated carbocycles. The van der Waals surface area contributed by atoms with Gasteiger partial charge in [0.05, 0.1) is 18.7 Å². The van der Waals surface area contributed by atoms with Gasteiger partial charge in [-0.3, -0.25) is 4.79 Å². The Morgan fingerprint density at radius 3 is 2.89 bits per heavy atom. The maximum absolute atomic E-state index is 12.4. The summed E-state index contributed by atoms with van der Waals surface area (Å²) in [4.78, 5) is 24.9. The third kappa shape index (κ3) is 3.24. The van der Waals surface area contributed by atoms with Crippen molar-refractivity contribution < 1.29 is 19.4 Å². The number of aryl methyl sites for hydroxylation is 1. The lowest BCUT2D eigenvalue weighted by molar-refractivity contribution is -0.154. The summed E-state index contributed by atoms with van der Waals surface area (Å²) in [5.41, 5.74) is 1.62. The first kappa shape index (κ1) is 14.3. The maximum Gasteiger partial charge on any atom is 0.334 e. The minimum Gasteiger partial charge on any atom is -0.479 e. The molecule has 1 aliphatic heterocycles. The van der Waals surface area contributed by atoms with E-state index in [4.69, 9.17) is 9.84 Å². The van der Waals surface area contributed by atoms with Crippen LogP contribution >= 0.6 is 22.6 Å². The first-order chi connectivity index (χ1) is 8.99. The molecule has 0 spiro atoms. The highest BCUT2D eigenvalue weighted by molar-refractivity contribution is 14.1. The number of carboxylic acids is 1. The van der Waals surface area contributed by atoms with Crippen molar-refractivity contribution in [3.05, 3.63) is 32.9 Å². The number of halogens is 1. The van der Waals surface area contributed by atoms with Crippen molar-refractivity contribution in [1.82, 2.24) is 4.90 Å². The summed E-state index contributed by atoms with van der Waals surface area (Å²) in [6.07, 6.45) is -0.930. The van der Waals surface area contributed by atoms with Gasteiger partial charge < -0.3 is 14.7 Å². The van der Waals surface area contributed by atoms with E-state index in [1.807, 2.05) is 25.1 Å². The molecule has 1 aromatic rings. The van der Waals surface area contributed by atoms with Gasteiger partial charge in [-0.05, 0) is 41.6 Å². The molecule has 5 nitrogen and oxygen atoms in total. The molecule has 0 aromatic heterocycles. The van der Waals surface area contributed by atoms with Gasteiger partial charge in [0, 0.05) is 10.1 Å². The van der Waals surface area contributed by atoms with Gasteiger partial charge in [-0.25, -0.2) is 4.79 Å². The third-order valence-corrected chi connectivity index (χ3v) is 3.92. The zero-order valence-electron chi connectivity index (χ0n) is 10.4. The van der Waals surface area contributed by atoms with Crippen LogP contribution in [-0.2, 0) is 9.53 Å². The summed E-state index contributed by atoms with van der Waals surface area (Å²) in [5.74, 6) is -1.17. The molecular formula is C13H14INO4. The molecular weight excluding hydrogens is 361 g/mol. The number of benzene rings is 1. The van der Waals surface area contributed by atoms with Crippen molar-refractivity contribution in [2.24, 2.45) is 0 Å². The smallest absolute Gasteiger partial charge is 0.334 e. The molecule has 0 radical (unpaired) electrons. The molecule has 1 unspecified atom stereocenters. The number of amides is 1. The molecule has 0 bridgehead atoms. The minimum absolute atomic E-state index is 0.0954. The van der Waals surface area contributed by atoms with Crippen molar-refractivity contribution in [1.29, 1.82) is 0 Å². The molecule has 2 rings (SSSR count). The highest BCUT2D eigenvalue weighted by atomic mass is 127. The summed E-state index contributed by atoms with van der Waals surface area (Å²) < 4.78 is 5.98. The molecule has 1 saturated heterocycles. The van der Waals surface area contributed by atoms with Crippen LogP contribution in [0.2, 0.25) is 0 Å². The molecule has 1 N–H and O–H groups in total. The number of rotatable bonds is 2. The lowest BCUT2D eigenvalue weighted by atomic mass is 10.1. The SMILES string of the molecule is Cc1ccc(I)c(C(=O)N2CCOC(C(=O)O)C2)c1. The Bertz CT molecular complexity index is 517. The van der Waals surface area contributed by atoms with E-state index in [1.54, 1.807) is 4.90 Å². The molecule has 1 heterocycles. The van der Waals surface area contributed by atoms with Gasteiger partial charge >= 0.3 is 5.97 Å². The predicted octanol–water partition coefficient (Wildman–Crippen LogP) is 1.53. The van der Waals surface area contributed by atoms with E-state index < -0.39 is 12.1 Å².